The molecule has 92 valence electrons. The maximum absolute atomic E-state index is 11.7. The molecule has 18 heavy (non-hydrogen) atoms. The first-order chi connectivity index (χ1) is 8.50. The molecule has 3 N–H and O–H groups in total. The number of carbonyl (C=O) groups excluding carboxylic acids is 1. The summed E-state index contributed by atoms with van der Waals surface area (Å²) in [5.41, 5.74) is 1.34. The summed E-state index contributed by atoms with van der Waals surface area (Å²) in [4.78, 5) is 11.7. The smallest absolute Gasteiger partial charge is 0.337 e. The van der Waals surface area contributed by atoms with E-state index in [9.17, 15) is 4.79 Å². The molecule has 0 atom stereocenters. The molecule has 4 nitrogen and oxygen atoms in total. The molecule has 0 spiro atoms. The van der Waals surface area contributed by atoms with E-state index in [0.29, 0.717) is 5.56 Å². The molecule has 0 aliphatic carbocycles. The average molecular weight is 244 g/mol. The maximum atomic E-state index is 11.7. The Hall–Kier alpha value is -2.01. The lowest BCUT2D eigenvalue weighted by atomic mass is 9.96. The molecular formula is C14H12O4. The molecule has 0 fully saturated rings. The standard InChI is InChI=1S/C14H12O4/c15-13(14(16,17)18)12-9-5-4-8-11(12)10-6-2-1-3-7-10/h1-9,16-18H. The third-order valence-electron chi connectivity index (χ3n) is 2.56. The van der Waals surface area contributed by atoms with Crippen LogP contribution in [-0.4, -0.2) is 27.1 Å². The molecule has 0 aliphatic rings. The summed E-state index contributed by atoms with van der Waals surface area (Å²) < 4.78 is 0. The molecule has 0 aromatic heterocycles. The third kappa shape index (κ3) is 2.46. The number of hydrogen-bond acceptors (Lipinski definition) is 4. The average Bonchev–Trinajstić information content (AvgIpc) is 2.38. The van der Waals surface area contributed by atoms with Crippen LogP contribution < -0.4 is 0 Å². The van der Waals surface area contributed by atoms with Gasteiger partial charge in [0.1, 0.15) is 0 Å². The van der Waals surface area contributed by atoms with Crippen LogP contribution in [0.1, 0.15) is 10.4 Å². The van der Waals surface area contributed by atoms with Crippen molar-refractivity contribution in [3.63, 3.8) is 0 Å². The summed E-state index contributed by atoms with van der Waals surface area (Å²) in [5.74, 6) is -4.51. The molecule has 0 radical (unpaired) electrons. The fourth-order valence-electron chi connectivity index (χ4n) is 1.73. The SMILES string of the molecule is O=C(c1ccccc1-c1ccccc1)C(O)(O)O. The van der Waals surface area contributed by atoms with Crippen LogP contribution in [0.3, 0.4) is 0 Å². The van der Waals surface area contributed by atoms with Crippen molar-refractivity contribution < 1.29 is 20.1 Å². The van der Waals surface area contributed by atoms with Crippen LogP contribution in [0.5, 0.6) is 0 Å². The fourth-order valence-corrected chi connectivity index (χ4v) is 1.73. The van der Waals surface area contributed by atoms with E-state index in [0.717, 1.165) is 5.56 Å². The van der Waals surface area contributed by atoms with Crippen LogP contribution in [0.25, 0.3) is 11.1 Å². The predicted molar refractivity (Wildman–Crippen MR) is 65.6 cm³/mol. The lowest BCUT2D eigenvalue weighted by Gasteiger charge is -2.15. The second-order valence-electron chi connectivity index (χ2n) is 3.88. The van der Waals surface area contributed by atoms with Crippen LogP contribution in [0, 0.1) is 0 Å². The minimum atomic E-state index is -3.36. The van der Waals surface area contributed by atoms with Gasteiger partial charge in [0.05, 0.1) is 0 Å². The molecule has 0 bridgehead atoms. The van der Waals surface area contributed by atoms with Crippen molar-refractivity contribution in [2.75, 3.05) is 0 Å². The van der Waals surface area contributed by atoms with Gasteiger partial charge in [-0.2, -0.15) is 0 Å². The Morgan fingerprint density at radius 1 is 0.833 bits per heavy atom. The molecule has 0 unspecified atom stereocenters. The van der Waals surface area contributed by atoms with E-state index in [1.54, 1.807) is 42.5 Å². The summed E-state index contributed by atoms with van der Waals surface area (Å²) in [6, 6.07) is 15.5. The largest absolute Gasteiger partial charge is 0.344 e. The van der Waals surface area contributed by atoms with Crippen molar-refractivity contribution in [1.29, 1.82) is 0 Å². The van der Waals surface area contributed by atoms with E-state index in [4.69, 9.17) is 15.3 Å². The van der Waals surface area contributed by atoms with Crippen molar-refractivity contribution in [3.8, 4) is 11.1 Å². The monoisotopic (exact) mass is 244 g/mol. The quantitative estimate of drug-likeness (QED) is 0.559. The van der Waals surface area contributed by atoms with Gasteiger partial charge in [-0.3, -0.25) is 4.79 Å². The van der Waals surface area contributed by atoms with Crippen LogP contribution >= 0.6 is 0 Å². The molecule has 4 heteroatoms. The van der Waals surface area contributed by atoms with Gasteiger partial charge < -0.3 is 15.3 Å². The van der Waals surface area contributed by atoms with Crippen molar-refractivity contribution in [2.45, 2.75) is 5.97 Å². The Morgan fingerprint density at radius 2 is 1.39 bits per heavy atom. The van der Waals surface area contributed by atoms with Gasteiger partial charge in [-0.05, 0) is 11.1 Å². The van der Waals surface area contributed by atoms with Gasteiger partial charge in [-0.25, -0.2) is 0 Å². The van der Waals surface area contributed by atoms with Crippen molar-refractivity contribution in [2.24, 2.45) is 0 Å². The molecule has 2 aromatic carbocycles. The van der Waals surface area contributed by atoms with Gasteiger partial charge in [0.2, 0.25) is 0 Å². The highest BCUT2D eigenvalue weighted by atomic mass is 16.7. The van der Waals surface area contributed by atoms with Gasteiger partial charge in [-0.15, -0.1) is 0 Å². The normalized spacial score (nSPS) is 11.3. The first kappa shape index (κ1) is 12.4. The second kappa shape index (κ2) is 4.70. The van der Waals surface area contributed by atoms with E-state index >= 15 is 0 Å². The lowest BCUT2D eigenvalue weighted by molar-refractivity contribution is -0.267. The topological polar surface area (TPSA) is 77.8 Å². The summed E-state index contributed by atoms with van der Waals surface area (Å²) in [7, 11) is 0. The van der Waals surface area contributed by atoms with Gasteiger partial charge in [0.25, 0.3) is 5.78 Å². The minimum Gasteiger partial charge on any atom is -0.337 e. The van der Waals surface area contributed by atoms with E-state index in [1.807, 2.05) is 6.07 Å². The van der Waals surface area contributed by atoms with Crippen molar-refractivity contribution in [1.82, 2.24) is 0 Å². The fraction of sp³-hybridized carbons (Fsp3) is 0.0714. The highest BCUT2D eigenvalue weighted by Gasteiger charge is 2.32. The van der Waals surface area contributed by atoms with Crippen molar-refractivity contribution in [3.05, 3.63) is 60.2 Å². The first-order valence-corrected chi connectivity index (χ1v) is 5.36. The van der Waals surface area contributed by atoms with Crippen LogP contribution in [0.4, 0.5) is 0 Å². The summed E-state index contributed by atoms with van der Waals surface area (Å²) in [6.07, 6.45) is 0. The Balaban J connectivity index is 2.54. The number of aliphatic hydroxyl groups is 3. The Bertz CT molecular complexity index is 556. The molecule has 0 saturated carbocycles. The first-order valence-electron chi connectivity index (χ1n) is 5.36. The van der Waals surface area contributed by atoms with Gasteiger partial charge >= 0.3 is 5.97 Å². The zero-order chi connectivity index (χ0) is 13.2. The van der Waals surface area contributed by atoms with E-state index in [2.05, 4.69) is 0 Å². The number of ketones is 1. The van der Waals surface area contributed by atoms with Gasteiger partial charge in [-0.1, -0.05) is 54.6 Å². The third-order valence-corrected chi connectivity index (χ3v) is 2.56. The van der Waals surface area contributed by atoms with E-state index in [-0.39, 0.29) is 5.56 Å². The van der Waals surface area contributed by atoms with Crippen LogP contribution in [0.2, 0.25) is 0 Å². The summed E-state index contributed by atoms with van der Waals surface area (Å²) in [6.45, 7) is 0. The molecule has 2 rings (SSSR count). The maximum Gasteiger partial charge on any atom is 0.344 e. The number of Topliss-reactive ketones (excluding diaryl/α,β-unsaturated/α-hetero) is 1. The number of hydrogen-bond donors (Lipinski definition) is 3. The molecule has 0 heterocycles. The highest BCUT2D eigenvalue weighted by Crippen LogP contribution is 2.25. The highest BCUT2D eigenvalue weighted by molar-refractivity contribution is 6.05. The van der Waals surface area contributed by atoms with Gasteiger partial charge in [0, 0.05) is 5.56 Å². The van der Waals surface area contributed by atoms with Crippen LogP contribution in [-0.2, 0) is 0 Å². The Kier molecular flexibility index (Phi) is 3.25. The lowest BCUT2D eigenvalue weighted by Crippen LogP contribution is -2.38. The zero-order valence-corrected chi connectivity index (χ0v) is 9.45. The number of rotatable bonds is 3. The Morgan fingerprint density at radius 3 is 2.00 bits per heavy atom. The summed E-state index contributed by atoms with van der Waals surface area (Å²) in [5, 5.41) is 26.9. The predicted octanol–water partition coefficient (Wildman–Crippen LogP) is 1.17. The summed E-state index contributed by atoms with van der Waals surface area (Å²) >= 11 is 0. The van der Waals surface area contributed by atoms with Gasteiger partial charge in [0.15, 0.2) is 0 Å². The molecule has 0 saturated heterocycles. The zero-order valence-electron chi connectivity index (χ0n) is 9.45. The van der Waals surface area contributed by atoms with Crippen LogP contribution in [0.15, 0.2) is 54.6 Å². The number of carbonyl (C=O) groups is 1. The second-order valence-corrected chi connectivity index (χ2v) is 3.88. The molecule has 2 aromatic rings. The number of benzene rings is 2. The molecular weight excluding hydrogens is 232 g/mol. The molecule has 0 amide bonds. The van der Waals surface area contributed by atoms with E-state index < -0.39 is 11.8 Å². The van der Waals surface area contributed by atoms with Crippen molar-refractivity contribution >= 4 is 5.78 Å². The molecule has 0 aliphatic heterocycles. The Labute approximate surface area is 104 Å². The minimum absolute atomic E-state index is 0.0520. The van der Waals surface area contributed by atoms with E-state index in [1.165, 1.54) is 6.07 Å².